The van der Waals surface area contributed by atoms with Gasteiger partial charge in [-0.2, -0.15) is 13.2 Å². The minimum absolute atomic E-state index is 0.236. The summed E-state index contributed by atoms with van der Waals surface area (Å²) in [6.07, 6.45) is -6.00. The van der Waals surface area contributed by atoms with Crippen molar-refractivity contribution < 1.29 is 27.5 Å². The third kappa shape index (κ3) is 5.53. The molecular weight excluding hydrogens is 241 g/mol. The maximum absolute atomic E-state index is 11.8. The lowest BCUT2D eigenvalue weighted by atomic mass is 10.0. The quantitative estimate of drug-likeness (QED) is 0.821. The van der Waals surface area contributed by atoms with E-state index in [4.69, 9.17) is 5.73 Å². The van der Waals surface area contributed by atoms with E-state index in [1.54, 1.807) is 13.8 Å². The van der Waals surface area contributed by atoms with Crippen molar-refractivity contribution in [2.45, 2.75) is 26.1 Å². The minimum Gasteiger partial charge on any atom is -0.439 e. The monoisotopic (exact) mass is 256 g/mol. The van der Waals surface area contributed by atoms with Crippen LogP contribution in [0.5, 0.6) is 0 Å². The first-order valence-electron chi connectivity index (χ1n) is 4.83. The van der Waals surface area contributed by atoms with E-state index < -0.39 is 30.8 Å². The normalized spacial score (nSPS) is 13.4. The van der Waals surface area contributed by atoms with Crippen molar-refractivity contribution in [1.29, 1.82) is 0 Å². The zero-order valence-corrected chi connectivity index (χ0v) is 9.75. The van der Waals surface area contributed by atoms with E-state index in [1.807, 2.05) is 0 Å². The molecule has 0 aliphatic rings. The van der Waals surface area contributed by atoms with Gasteiger partial charge in [0.1, 0.15) is 0 Å². The van der Waals surface area contributed by atoms with Gasteiger partial charge in [0.15, 0.2) is 6.61 Å². The number of rotatable bonds is 3. The Labute approximate surface area is 96.7 Å². The van der Waals surface area contributed by atoms with Crippen LogP contribution in [0.15, 0.2) is 0 Å². The zero-order valence-electron chi connectivity index (χ0n) is 9.75. The third-order valence-corrected chi connectivity index (χ3v) is 1.97. The highest BCUT2D eigenvalue weighted by molar-refractivity contribution is 5.94. The van der Waals surface area contributed by atoms with E-state index in [9.17, 15) is 22.8 Å². The van der Waals surface area contributed by atoms with Crippen LogP contribution >= 0.6 is 0 Å². The molecule has 0 bridgehead atoms. The SMILES string of the molecule is CC(C)C(N)C(=O)N(C)C(=O)OCC(F)(F)F. The summed E-state index contributed by atoms with van der Waals surface area (Å²) in [6.45, 7) is 1.56. The maximum Gasteiger partial charge on any atom is 0.422 e. The van der Waals surface area contributed by atoms with Gasteiger partial charge in [-0.05, 0) is 5.92 Å². The summed E-state index contributed by atoms with van der Waals surface area (Å²) < 4.78 is 39.2. The van der Waals surface area contributed by atoms with Crippen molar-refractivity contribution in [2.24, 2.45) is 11.7 Å². The molecule has 0 radical (unpaired) electrons. The van der Waals surface area contributed by atoms with Crippen molar-refractivity contribution in [3.05, 3.63) is 0 Å². The summed E-state index contributed by atoms with van der Waals surface area (Å²) in [6, 6.07) is -0.960. The number of ether oxygens (including phenoxy) is 1. The van der Waals surface area contributed by atoms with Crippen molar-refractivity contribution in [3.8, 4) is 0 Å². The van der Waals surface area contributed by atoms with Crippen molar-refractivity contribution >= 4 is 12.0 Å². The van der Waals surface area contributed by atoms with Gasteiger partial charge in [0.25, 0.3) is 0 Å². The van der Waals surface area contributed by atoms with Crippen LogP contribution in [0.2, 0.25) is 0 Å². The Morgan fingerprint density at radius 2 is 1.82 bits per heavy atom. The number of nitrogens with two attached hydrogens (primary N) is 1. The summed E-state index contributed by atoms with van der Waals surface area (Å²) in [7, 11) is 1.02. The van der Waals surface area contributed by atoms with Gasteiger partial charge in [-0.25, -0.2) is 9.69 Å². The molecule has 0 spiro atoms. The van der Waals surface area contributed by atoms with Crippen LogP contribution in [-0.4, -0.2) is 42.8 Å². The fraction of sp³-hybridized carbons (Fsp3) is 0.778. The Hall–Kier alpha value is -1.31. The number of carbonyl (C=O) groups excluding carboxylic acids is 2. The number of carbonyl (C=O) groups is 2. The topological polar surface area (TPSA) is 72.6 Å². The second-order valence-corrected chi connectivity index (χ2v) is 3.84. The molecule has 1 unspecified atom stereocenters. The molecule has 0 saturated heterocycles. The van der Waals surface area contributed by atoms with Gasteiger partial charge < -0.3 is 10.5 Å². The summed E-state index contributed by atoms with van der Waals surface area (Å²) in [4.78, 5) is 23.0. The second kappa shape index (κ2) is 5.85. The molecule has 5 nitrogen and oxygen atoms in total. The fourth-order valence-corrected chi connectivity index (χ4v) is 0.839. The third-order valence-electron chi connectivity index (χ3n) is 1.97. The van der Waals surface area contributed by atoms with Crippen LogP contribution in [0.1, 0.15) is 13.8 Å². The van der Waals surface area contributed by atoms with E-state index in [0.717, 1.165) is 7.05 Å². The number of nitrogens with zero attached hydrogens (tertiary/aromatic N) is 1. The van der Waals surface area contributed by atoms with Gasteiger partial charge in [0.05, 0.1) is 6.04 Å². The number of alkyl halides is 3. The molecule has 1 atom stereocenters. The van der Waals surface area contributed by atoms with Gasteiger partial charge in [-0.3, -0.25) is 4.79 Å². The molecule has 0 fully saturated rings. The average molecular weight is 256 g/mol. The average Bonchev–Trinajstić information content (AvgIpc) is 2.21. The molecule has 0 aromatic carbocycles. The molecule has 0 rings (SSSR count). The molecule has 17 heavy (non-hydrogen) atoms. The van der Waals surface area contributed by atoms with Crippen molar-refractivity contribution in [1.82, 2.24) is 4.90 Å². The van der Waals surface area contributed by atoms with Crippen molar-refractivity contribution in [3.63, 3.8) is 0 Å². The Bertz CT molecular complexity index is 292. The van der Waals surface area contributed by atoms with E-state index in [2.05, 4.69) is 4.74 Å². The van der Waals surface area contributed by atoms with E-state index in [1.165, 1.54) is 0 Å². The molecule has 0 heterocycles. The van der Waals surface area contributed by atoms with Gasteiger partial charge >= 0.3 is 12.3 Å². The molecule has 2 N–H and O–H groups in total. The molecular formula is C9H15F3N2O3. The van der Waals surface area contributed by atoms with Crippen LogP contribution < -0.4 is 5.73 Å². The smallest absolute Gasteiger partial charge is 0.422 e. The first kappa shape index (κ1) is 15.7. The van der Waals surface area contributed by atoms with Crippen LogP contribution in [0, 0.1) is 5.92 Å². The maximum atomic E-state index is 11.8. The Morgan fingerprint density at radius 1 is 1.35 bits per heavy atom. The highest BCUT2D eigenvalue weighted by Crippen LogP contribution is 2.15. The van der Waals surface area contributed by atoms with Gasteiger partial charge in [-0.1, -0.05) is 13.8 Å². The standard InChI is InChI=1S/C9H15F3N2O3/c1-5(2)6(13)7(15)14(3)8(16)17-4-9(10,11)12/h5-6H,4,13H2,1-3H3. The van der Waals surface area contributed by atoms with Crippen LogP contribution in [0.4, 0.5) is 18.0 Å². The highest BCUT2D eigenvalue weighted by atomic mass is 19.4. The number of hydrogen-bond acceptors (Lipinski definition) is 4. The summed E-state index contributed by atoms with van der Waals surface area (Å²) in [5, 5.41) is 0. The molecule has 0 aliphatic carbocycles. The molecule has 0 aromatic rings. The summed E-state index contributed by atoms with van der Waals surface area (Å²) in [5.41, 5.74) is 5.46. The Kier molecular flexibility index (Phi) is 5.40. The van der Waals surface area contributed by atoms with E-state index >= 15 is 0 Å². The first-order valence-corrected chi connectivity index (χ1v) is 4.83. The molecule has 0 saturated carbocycles. The number of amides is 2. The number of halogens is 3. The molecule has 0 aliphatic heterocycles. The first-order chi connectivity index (χ1) is 7.56. The zero-order chi connectivity index (χ0) is 13.8. The fourth-order valence-electron chi connectivity index (χ4n) is 0.839. The van der Waals surface area contributed by atoms with Gasteiger partial charge in [0, 0.05) is 7.05 Å². The predicted octanol–water partition coefficient (Wildman–Crippen LogP) is 1.13. The molecule has 100 valence electrons. The lowest BCUT2D eigenvalue weighted by molar-refractivity contribution is -0.163. The Morgan fingerprint density at radius 3 is 2.18 bits per heavy atom. The highest BCUT2D eigenvalue weighted by Gasteiger charge is 2.32. The summed E-state index contributed by atoms with van der Waals surface area (Å²) >= 11 is 0. The predicted molar refractivity (Wildman–Crippen MR) is 53.0 cm³/mol. The van der Waals surface area contributed by atoms with Crippen LogP contribution in [0.25, 0.3) is 0 Å². The van der Waals surface area contributed by atoms with Crippen molar-refractivity contribution in [2.75, 3.05) is 13.7 Å². The number of hydrogen-bond donors (Lipinski definition) is 1. The lowest BCUT2D eigenvalue weighted by Gasteiger charge is -2.21. The van der Waals surface area contributed by atoms with Crippen LogP contribution in [0.3, 0.4) is 0 Å². The molecule has 2 amide bonds. The number of likely N-dealkylation sites (N-methyl/N-ethyl adjacent to an activating group) is 1. The van der Waals surface area contributed by atoms with Crippen LogP contribution in [-0.2, 0) is 9.53 Å². The molecule has 0 aromatic heterocycles. The Balaban J connectivity index is 4.36. The lowest BCUT2D eigenvalue weighted by Crippen LogP contribution is -2.47. The largest absolute Gasteiger partial charge is 0.439 e. The molecule has 8 heteroatoms. The van der Waals surface area contributed by atoms with Gasteiger partial charge in [-0.15, -0.1) is 0 Å². The van der Waals surface area contributed by atoms with Gasteiger partial charge in [0.2, 0.25) is 5.91 Å². The summed E-state index contributed by atoms with van der Waals surface area (Å²) in [5.74, 6) is -1.02. The minimum atomic E-state index is -4.63. The van der Waals surface area contributed by atoms with E-state index in [-0.39, 0.29) is 5.92 Å². The second-order valence-electron chi connectivity index (χ2n) is 3.84. The van der Waals surface area contributed by atoms with E-state index in [0.29, 0.717) is 4.90 Å². The number of imide groups is 1.